The van der Waals surface area contributed by atoms with E-state index in [0.29, 0.717) is 11.3 Å². The Balaban J connectivity index is 1.59. The van der Waals surface area contributed by atoms with Gasteiger partial charge in [-0.05, 0) is 66.2 Å². The molecule has 1 aliphatic rings. The van der Waals surface area contributed by atoms with Gasteiger partial charge in [0.25, 0.3) is 0 Å². The number of ether oxygens (including phenoxy) is 1. The highest BCUT2D eigenvalue weighted by Gasteiger charge is 2.23. The number of unbranched alkanes of at least 4 members (excludes halogenated alkanes) is 1. The quantitative estimate of drug-likeness (QED) is 0.384. The van der Waals surface area contributed by atoms with Crippen LogP contribution in [-0.2, 0) is 0 Å². The smallest absolute Gasteiger partial charge is 0.190 e. The molecule has 4 rings (SSSR count). The first-order chi connectivity index (χ1) is 15.0. The van der Waals surface area contributed by atoms with Crippen molar-refractivity contribution in [1.82, 2.24) is 0 Å². The maximum atomic E-state index is 15.3. The lowest BCUT2D eigenvalue weighted by atomic mass is 9.77. The van der Waals surface area contributed by atoms with Crippen molar-refractivity contribution in [2.45, 2.75) is 57.8 Å². The van der Waals surface area contributed by atoms with Crippen LogP contribution in [0.2, 0.25) is 0 Å². The van der Waals surface area contributed by atoms with Crippen LogP contribution in [0.15, 0.2) is 42.5 Å². The summed E-state index contributed by atoms with van der Waals surface area (Å²) in [4.78, 5) is 0. The molecule has 0 spiro atoms. The van der Waals surface area contributed by atoms with E-state index in [4.69, 9.17) is 4.74 Å². The van der Waals surface area contributed by atoms with Crippen molar-refractivity contribution in [2.75, 3.05) is 7.11 Å². The standard InChI is InChI=1S/C27H29F3O/c1-3-4-5-17-6-8-18(9-7-17)19-10-12-22-20(14-19)11-13-23(26(22)30)21-15-24(28)27(31-2)25(29)16-21/h10-18H,3-9H2,1-2H3/t17-,18-. The number of fused-ring (bicyclic) bond motifs is 1. The largest absolute Gasteiger partial charge is 0.491 e. The molecule has 0 amide bonds. The van der Waals surface area contributed by atoms with E-state index >= 15 is 4.39 Å². The molecule has 1 aliphatic carbocycles. The third-order valence-electron chi connectivity index (χ3n) is 6.78. The Morgan fingerprint density at radius 3 is 2.26 bits per heavy atom. The van der Waals surface area contributed by atoms with Crippen molar-refractivity contribution in [2.24, 2.45) is 5.92 Å². The topological polar surface area (TPSA) is 9.23 Å². The molecule has 0 N–H and O–H groups in total. The van der Waals surface area contributed by atoms with Crippen LogP contribution in [0, 0.1) is 23.4 Å². The van der Waals surface area contributed by atoms with Gasteiger partial charge in [0.05, 0.1) is 7.11 Å². The number of hydrogen-bond donors (Lipinski definition) is 0. The molecule has 0 heterocycles. The van der Waals surface area contributed by atoms with E-state index in [-0.39, 0.29) is 11.1 Å². The van der Waals surface area contributed by atoms with Crippen LogP contribution in [0.4, 0.5) is 13.2 Å². The number of halogens is 3. The Morgan fingerprint density at radius 2 is 1.61 bits per heavy atom. The van der Waals surface area contributed by atoms with Gasteiger partial charge in [0.2, 0.25) is 0 Å². The van der Waals surface area contributed by atoms with Gasteiger partial charge in [-0.15, -0.1) is 0 Å². The van der Waals surface area contributed by atoms with Gasteiger partial charge in [-0.25, -0.2) is 13.2 Å². The van der Waals surface area contributed by atoms with Crippen molar-refractivity contribution in [3.05, 3.63) is 65.5 Å². The summed E-state index contributed by atoms with van der Waals surface area (Å²) in [6.45, 7) is 2.24. The molecule has 1 nitrogen and oxygen atoms in total. The van der Waals surface area contributed by atoms with E-state index in [0.717, 1.165) is 23.4 Å². The summed E-state index contributed by atoms with van der Waals surface area (Å²) in [5.41, 5.74) is 1.59. The van der Waals surface area contributed by atoms with Crippen molar-refractivity contribution < 1.29 is 17.9 Å². The molecule has 31 heavy (non-hydrogen) atoms. The summed E-state index contributed by atoms with van der Waals surface area (Å²) in [6.07, 6.45) is 8.81. The molecular weight excluding hydrogens is 397 g/mol. The normalized spacial score (nSPS) is 19.0. The van der Waals surface area contributed by atoms with E-state index < -0.39 is 23.2 Å². The Morgan fingerprint density at radius 1 is 0.903 bits per heavy atom. The summed E-state index contributed by atoms with van der Waals surface area (Å²) >= 11 is 0. The minimum absolute atomic E-state index is 0.157. The van der Waals surface area contributed by atoms with Gasteiger partial charge in [0, 0.05) is 10.9 Å². The van der Waals surface area contributed by atoms with E-state index in [9.17, 15) is 8.78 Å². The van der Waals surface area contributed by atoms with E-state index in [1.165, 1.54) is 57.6 Å². The maximum Gasteiger partial charge on any atom is 0.190 e. The second-order valence-electron chi connectivity index (χ2n) is 8.74. The molecule has 0 aliphatic heterocycles. The molecule has 164 valence electrons. The zero-order valence-electron chi connectivity index (χ0n) is 18.2. The molecule has 4 heteroatoms. The van der Waals surface area contributed by atoms with E-state index in [1.54, 1.807) is 6.07 Å². The van der Waals surface area contributed by atoms with Gasteiger partial charge >= 0.3 is 0 Å². The second-order valence-corrected chi connectivity index (χ2v) is 8.74. The van der Waals surface area contributed by atoms with Crippen LogP contribution in [-0.4, -0.2) is 7.11 Å². The Hall–Kier alpha value is -2.49. The zero-order chi connectivity index (χ0) is 22.0. The van der Waals surface area contributed by atoms with Crippen molar-refractivity contribution in [1.29, 1.82) is 0 Å². The fourth-order valence-corrected chi connectivity index (χ4v) is 4.97. The first kappa shape index (κ1) is 21.7. The van der Waals surface area contributed by atoms with E-state index in [2.05, 4.69) is 13.0 Å². The lowest BCUT2D eigenvalue weighted by molar-refractivity contribution is 0.304. The van der Waals surface area contributed by atoms with Crippen LogP contribution < -0.4 is 4.74 Å². The lowest BCUT2D eigenvalue weighted by Crippen LogP contribution is -2.13. The molecule has 1 saturated carbocycles. The SMILES string of the molecule is CCCC[C@H]1CC[C@H](c2ccc3c(F)c(-c4cc(F)c(OC)c(F)c4)ccc3c2)CC1. The van der Waals surface area contributed by atoms with Gasteiger partial charge < -0.3 is 4.74 Å². The predicted molar refractivity (Wildman–Crippen MR) is 120 cm³/mol. The van der Waals surface area contributed by atoms with Gasteiger partial charge in [0.15, 0.2) is 17.4 Å². The van der Waals surface area contributed by atoms with Crippen molar-refractivity contribution in [3.63, 3.8) is 0 Å². The molecule has 0 saturated heterocycles. The first-order valence-electron chi connectivity index (χ1n) is 11.3. The fourth-order valence-electron chi connectivity index (χ4n) is 4.97. The third-order valence-corrected chi connectivity index (χ3v) is 6.78. The molecule has 0 unspecified atom stereocenters. The van der Waals surface area contributed by atoms with Crippen molar-refractivity contribution in [3.8, 4) is 16.9 Å². The highest BCUT2D eigenvalue weighted by molar-refractivity contribution is 5.89. The highest BCUT2D eigenvalue weighted by atomic mass is 19.1. The minimum atomic E-state index is -0.845. The molecule has 1 fully saturated rings. The van der Waals surface area contributed by atoms with Gasteiger partial charge in [-0.2, -0.15) is 0 Å². The van der Waals surface area contributed by atoms with Crippen LogP contribution >= 0.6 is 0 Å². The lowest BCUT2D eigenvalue weighted by Gasteiger charge is -2.29. The zero-order valence-corrected chi connectivity index (χ0v) is 18.2. The van der Waals surface area contributed by atoms with Crippen molar-refractivity contribution >= 4 is 10.8 Å². The molecule has 0 bridgehead atoms. The molecule has 0 atom stereocenters. The van der Waals surface area contributed by atoms with Gasteiger partial charge in [-0.1, -0.05) is 56.5 Å². The van der Waals surface area contributed by atoms with Crippen LogP contribution in [0.3, 0.4) is 0 Å². The Kier molecular flexibility index (Phi) is 6.54. The third kappa shape index (κ3) is 4.44. The molecule has 0 radical (unpaired) electrons. The average molecular weight is 427 g/mol. The highest BCUT2D eigenvalue weighted by Crippen LogP contribution is 2.39. The number of benzene rings is 3. The fraction of sp³-hybridized carbons (Fsp3) is 0.407. The maximum absolute atomic E-state index is 15.3. The summed E-state index contributed by atoms with van der Waals surface area (Å²) in [6, 6.07) is 11.6. The summed E-state index contributed by atoms with van der Waals surface area (Å²) in [7, 11) is 1.20. The molecule has 0 aromatic heterocycles. The summed E-state index contributed by atoms with van der Waals surface area (Å²) in [5, 5.41) is 1.29. The van der Waals surface area contributed by atoms with Gasteiger partial charge in [0.1, 0.15) is 5.82 Å². The van der Waals surface area contributed by atoms with E-state index in [1.807, 2.05) is 18.2 Å². The number of hydrogen-bond acceptors (Lipinski definition) is 1. The molecule has 3 aromatic carbocycles. The average Bonchev–Trinajstić information content (AvgIpc) is 2.78. The van der Waals surface area contributed by atoms with Crippen LogP contribution in [0.5, 0.6) is 5.75 Å². The number of methoxy groups -OCH3 is 1. The van der Waals surface area contributed by atoms with Crippen LogP contribution in [0.25, 0.3) is 21.9 Å². The summed E-state index contributed by atoms with van der Waals surface area (Å²) in [5.74, 6) is -1.24. The number of rotatable bonds is 6. The van der Waals surface area contributed by atoms with Gasteiger partial charge in [-0.3, -0.25) is 0 Å². The molecular formula is C27H29F3O. The Labute approximate surface area is 182 Å². The molecule has 3 aromatic rings. The first-order valence-corrected chi connectivity index (χ1v) is 11.3. The minimum Gasteiger partial charge on any atom is -0.491 e. The monoisotopic (exact) mass is 426 g/mol. The Bertz CT molecular complexity index is 1040. The second kappa shape index (κ2) is 9.33. The summed E-state index contributed by atoms with van der Waals surface area (Å²) < 4.78 is 48.2. The predicted octanol–water partition coefficient (Wildman–Crippen LogP) is 8.40. The van der Waals surface area contributed by atoms with Crippen LogP contribution in [0.1, 0.15) is 63.4 Å².